The van der Waals surface area contributed by atoms with Crippen molar-refractivity contribution >= 4 is 39.3 Å². The molecule has 1 unspecified atom stereocenters. The lowest BCUT2D eigenvalue weighted by molar-refractivity contribution is -0.140. The molecule has 0 spiro atoms. The lowest BCUT2D eigenvalue weighted by Gasteiger charge is -2.26. The lowest BCUT2D eigenvalue weighted by Crippen LogP contribution is -2.40. The van der Waals surface area contributed by atoms with E-state index < -0.39 is 17.9 Å². The number of carboxylic acid groups (broad SMARTS) is 1. The maximum Gasteiger partial charge on any atom is 0.326 e. The highest BCUT2D eigenvalue weighted by molar-refractivity contribution is 7.16. The van der Waals surface area contributed by atoms with Crippen molar-refractivity contribution in [2.75, 3.05) is 26.3 Å². The summed E-state index contributed by atoms with van der Waals surface area (Å²) < 4.78 is 7.60. The normalized spacial score (nSPS) is 15.6. The number of aromatic nitrogens is 1. The third-order valence-electron chi connectivity index (χ3n) is 5.65. The molecule has 1 aliphatic rings. The molecular weight excluding hydrogens is 442 g/mol. The maximum atomic E-state index is 12.9. The molecule has 33 heavy (non-hydrogen) atoms. The van der Waals surface area contributed by atoms with Crippen LogP contribution < -0.4 is 4.80 Å². The molecule has 1 fully saturated rings. The standard InChI is InChI=1S/C24H25N3O5S/c1-3-18(23(30)31)27-19-9-8-17(22(29)26-10-12-32-13-11-26)14-20(19)33-24(27)25-21(28)16-6-4-15(2)5-7-16/h4-9,14,18H,3,10-13H2,1-2H3,(H,30,31). The van der Waals surface area contributed by atoms with Crippen molar-refractivity contribution in [3.05, 3.63) is 64.0 Å². The average Bonchev–Trinajstić information content (AvgIpc) is 3.16. The fourth-order valence-electron chi connectivity index (χ4n) is 3.82. The molecule has 0 saturated carbocycles. The predicted octanol–water partition coefficient (Wildman–Crippen LogP) is 3.26. The topological polar surface area (TPSA) is 101 Å². The predicted molar refractivity (Wildman–Crippen MR) is 125 cm³/mol. The first kappa shape index (κ1) is 22.9. The Labute approximate surface area is 194 Å². The summed E-state index contributed by atoms with van der Waals surface area (Å²) in [5.74, 6) is -1.55. The molecule has 3 aromatic rings. The van der Waals surface area contributed by atoms with Gasteiger partial charge in [-0.15, -0.1) is 0 Å². The van der Waals surface area contributed by atoms with Gasteiger partial charge in [-0.25, -0.2) is 4.79 Å². The molecule has 1 N–H and O–H groups in total. The van der Waals surface area contributed by atoms with Gasteiger partial charge in [-0.3, -0.25) is 9.59 Å². The van der Waals surface area contributed by atoms with Crippen molar-refractivity contribution in [2.24, 2.45) is 4.99 Å². The van der Waals surface area contributed by atoms with Crippen LogP contribution in [0.3, 0.4) is 0 Å². The third kappa shape index (κ3) is 4.74. The van der Waals surface area contributed by atoms with Crippen molar-refractivity contribution in [3.8, 4) is 0 Å². The monoisotopic (exact) mass is 467 g/mol. The Kier molecular flexibility index (Phi) is 6.71. The molecule has 1 saturated heterocycles. The first-order valence-corrected chi connectivity index (χ1v) is 11.6. The summed E-state index contributed by atoms with van der Waals surface area (Å²) in [6.45, 7) is 5.78. The molecule has 9 heteroatoms. The van der Waals surface area contributed by atoms with E-state index in [1.807, 2.05) is 19.1 Å². The van der Waals surface area contributed by atoms with Crippen molar-refractivity contribution in [2.45, 2.75) is 26.3 Å². The average molecular weight is 468 g/mol. The number of hydrogen-bond acceptors (Lipinski definition) is 5. The molecule has 0 radical (unpaired) electrons. The van der Waals surface area contributed by atoms with Crippen molar-refractivity contribution < 1.29 is 24.2 Å². The molecule has 2 aromatic carbocycles. The number of benzene rings is 2. The second-order valence-electron chi connectivity index (χ2n) is 7.89. The SMILES string of the molecule is CCC(C(=O)O)n1c(=NC(=O)c2ccc(C)cc2)sc2cc(C(=O)N3CCOCC3)ccc21. The van der Waals surface area contributed by atoms with Crippen LogP contribution in [-0.4, -0.2) is 58.7 Å². The smallest absolute Gasteiger partial charge is 0.326 e. The Morgan fingerprint density at radius 3 is 2.39 bits per heavy atom. The molecular formula is C24H25N3O5S. The van der Waals surface area contributed by atoms with Crippen LogP contribution >= 0.6 is 11.3 Å². The zero-order valence-corrected chi connectivity index (χ0v) is 19.3. The number of rotatable bonds is 5. The number of hydrogen-bond donors (Lipinski definition) is 1. The van der Waals surface area contributed by atoms with E-state index >= 15 is 0 Å². The van der Waals surface area contributed by atoms with Gasteiger partial charge in [0.05, 0.1) is 23.4 Å². The number of amides is 2. The summed E-state index contributed by atoms with van der Waals surface area (Å²) in [7, 11) is 0. The molecule has 1 aromatic heterocycles. The van der Waals surface area contributed by atoms with E-state index in [1.165, 1.54) is 11.3 Å². The first-order valence-electron chi connectivity index (χ1n) is 10.8. The van der Waals surface area contributed by atoms with Gasteiger partial charge in [0.25, 0.3) is 11.8 Å². The largest absolute Gasteiger partial charge is 0.480 e. The minimum Gasteiger partial charge on any atom is -0.480 e. The Balaban J connectivity index is 1.81. The number of carbonyl (C=O) groups excluding carboxylic acids is 2. The maximum absolute atomic E-state index is 12.9. The zero-order valence-electron chi connectivity index (χ0n) is 18.5. The van der Waals surface area contributed by atoms with Crippen LogP contribution in [0.15, 0.2) is 47.5 Å². The number of aryl methyl sites for hydroxylation is 1. The molecule has 0 aliphatic carbocycles. The van der Waals surface area contributed by atoms with Gasteiger partial charge in [-0.05, 0) is 43.7 Å². The summed E-state index contributed by atoms with van der Waals surface area (Å²) in [4.78, 5) is 44.0. The van der Waals surface area contributed by atoms with Gasteiger partial charge in [-0.1, -0.05) is 36.0 Å². The second kappa shape index (κ2) is 9.68. The van der Waals surface area contributed by atoms with Crippen LogP contribution in [0.5, 0.6) is 0 Å². The Hall–Kier alpha value is -3.30. The molecule has 2 heterocycles. The summed E-state index contributed by atoms with van der Waals surface area (Å²) in [6, 6.07) is 11.4. The first-order chi connectivity index (χ1) is 15.9. The number of ether oxygens (including phenoxy) is 1. The Morgan fingerprint density at radius 2 is 1.76 bits per heavy atom. The number of aliphatic carboxylic acids is 1. The number of thiazole rings is 1. The Bertz CT molecular complexity index is 1270. The van der Waals surface area contributed by atoms with E-state index in [1.54, 1.807) is 46.7 Å². The molecule has 4 rings (SSSR count). The minimum absolute atomic E-state index is 0.0975. The Morgan fingerprint density at radius 1 is 1.09 bits per heavy atom. The van der Waals surface area contributed by atoms with Crippen molar-refractivity contribution in [1.29, 1.82) is 0 Å². The molecule has 8 nitrogen and oxygen atoms in total. The number of morpholine rings is 1. The fraction of sp³-hybridized carbons (Fsp3) is 0.333. The van der Waals surface area contributed by atoms with Gasteiger partial charge in [0.2, 0.25) is 0 Å². The summed E-state index contributed by atoms with van der Waals surface area (Å²) >= 11 is 1.21. The quantitative estimate of drug-likeness (QED) is 0.621. The van der Waals surface area contributed by atoms with E-state index in [0.29, 0.717) is 58.9 Å². The fourth-order valence-corrected chi connectivity index (χ4v) is 4.93. The zero-order chi connectivity index (χ0) is 23.5. The highest BCUT2D eigenvalue weighted by atomic mass is 32.1. The van der Waals surface area contributed by atoms with Gasteiger partial charge in [0.15, 0.2) is 4.80 Å². The molecule has 172 valence electrons. The van der Waals surface area contributed by atoms with E-state index in [4.69, 9.17) is 4.74 Å². The number of nitrogens with zero attached hydrogens (tertiary/aromatic N) is 3. The van der Waals surface area contributed by atoms with E-state index in [0.717, 1.165) is 5.56 Å². The third-order valence-corrected chi connectivity index (χ3v) is 6.67. The molecule has 1 atom stereocenters. The number of fused-ring (bicyclic) bond motifs is 1. The van der Waals surface area contributed by atoms with Crippen LogP contribution in [0.2, 0.25) is 0 Å². The van der Waals surface area contributed by atoms with Gasteiger partial charge in [-0.2, -0.15) is 4.99 Å². The van der Waals surface area contributed by atoms with Gasteiger partial charge in [0.1, 0.15) is 6.04 Å². The minimum atomic E-state index is -1.00. The van der Waals surface area contributed by atoms with Gasteiger partial charge < -0.3 is 19.3 Å². The van der Waals surface area contributed by atoms with E-state index in [9.17, 15) is 19.5 Å². The molecule has 2 amide bonds. The highest BCUT2D eigenvalue weighted by Crippen LogP contribution is 2.25. The van der Waals surface area contributed by atoms with Gasteiger partial charge in [0, 0.05) is 24.2 Å². The van der Waals surface area contributed by atoms with Crippen LogP contribution in [0.1, 0.15) is 45.7 Å². The van der Waals surface area contributed by atoms with E-state index in [-0.39, 0.29) is 5.91 Å². The summed E-state index contributed by atoms with van der Waals surface area (Å²) in [6.07, 6.45) is 0.321. The number of carboxylic acids is 1. The lowest BCUT2D eigenvalue weighted by atomic mass is 10.1. The van der Waals surface area contributed by atoms with Crippen LogP contribution in [0.4, 0.5) is 0 Å². The van der Waals surface area contributed by atoms with Crippen molar-refractivity contribution in [1.82, 2.24) is 9.47 Å². The number of carbonyl (C=O) groups is 3. The van der Waals surface area contributed by atoms with Crippen molar-refractivity contribution in [3.63, 3.8) is 0 Å². The van der Waals surface area contributed by atoms with Gasteiger partial charge >= 0.3 is 5.97 Å². The van der Waals surface area contributed by atoms with Crippen LogP contribution in [0.25, 0.3) is 10.2 Å². The van der Waals surface area contributed by atoms with Crippen LogP contribution in [0, 0.1) is 6.92 Å². The second-order valence-corrected chi connectivity index (χ2v) is 8.90. The highest BCUT2D eigenvalue weighted by Gasteiger charge is 2.24. The van der Waals surface area contributed by atoms with E-state index in [2.05, 4.69) is 4.99 Å². The van der Waals surface area contributed by atoms with Crippen LogP contribution in [-0.2, 0) is 9.53 Å². The molecule has 0 bridgehead atoms. The summed E-state index contributed by atoms with van der Waals surface area (Å²) in [5.41, 5.74) is 2.59. The molecule has 1 aliphatic heterocycles. The summed E-state index contributed by atoms with van der Waals surface area (Å²) in [5, 5.41) is 9.81.